The summed E-state index contributed by atoms with van der Waals surface area (Å²) in [5.74, 6) is 0.721. The second-order valence-corrected chi connectivity index (χ2v) is 5.77. The van der Waals surface area contributed by atoms with Crippen LogP contribution in [0.3, 0.4) is 0 Å². The van der Waals surface area contributed by atoms with Gasteiger partial charge in [0.15, 0.2) is 0 Å². The van der Waals surface area contributed by atoms with Crippen LogP contribution in [0, 0.1) is 5.92 Å². The molecule has 2 fully saturated rings. The van der Waals surface area contributed by atoms with E-state index in [-0.39, 0.29) is 11.8 Å². The number of hydrogen-bond donors (Lipinski definition) is 1. The van der Waals surface area contributed by atoms with Crippen molar-refractivity contribution in [1.29, 1.82) is 0 Å². The third-order valence-electron chi connectivity index (χ3n) is 3.77. The molecule has 2 amide bonds. The first-order chi connectivity index (χ1) is 7.95. The Morgan fingerprint density at radius 3 is 2.76 bits per heavy atom. The largest absolute Gasteiger partial charge is 0.342 e. The Labute approximate surface area is 103 Å². The molecule has 0 spiro atoms. The van der Waals surface area contributed by atoms with Crippen molar-refractivity contribution in [2.45, 2.75) is 58.0 Å². The van der Waals surface area contributed by atoms with Crippen molar-refractivity contribution in [2.24, 2.45) is 5.92 Å². The van der Waals surface area contributed by atoms with Crippen molar-refractivity contribution < 1.29 is 9.59 Å². The third-order valence-corrected chi connectivity index (χ3v) is 3.77. The van der Waals surface area contributed by atoms with Gasteiger partial charge in [0.2, 0.25) is 11.8 Å². The van der Waals surface area contributed by atoms with Crippen LogP contribution < -0.4 is 5.32 Å². The molecule has 4 heteroatoms. The lowest BCUT2D eigenvalue weighted by molar-refractivity contribution is -0.138. The maximum atomic E-state index is 12.4. The lowest BCUT2D eigenvalue weighted by Gasteiger charge is -2.29. The SMILES string of the molecule is CCCC1CC1N1CCC(=O)NC(C)(C)C1=O. The Morgan fingerprint density at radius 2 is 2.12 bits per heavy atom. The van der Waals surface area contributed by atoms with E-state index < -0.39 is 5.54 Å². The van der Waals surface area contributed by atoms with Crippen LogP contribution in [0.5, 0.6) is 0 Å². The minimum absolute atomic E-state index is 0.0152. The van der Waals surface area contributed by atoms with Crippen molar-refractivity contribution in [3.05, 3.63) is 0 Å². The molecule has 0 aromatic rings. The first kappa shape index (κ1) is 12.4. The van der Waals surface area contributed by atoms with Gasteiger partial charge < -0.3 is 10.2 Å². The summed E-state index contributed by atoms with van der Waals surface area (Å²) < 4.78 is 0. The molecule has 2 atom stereocenters. The maximum absolute atomic E-state index is 12.4. The number of carbonyl (C=O) groups excluding carboxylic acids is 2. The molecule has 1 N–H and O–H groups in total. The second kappa shape index (κ2) is 4.31. The minimum Gasteiger partial charge on any atom is -0.342 e. The molecule has 0 radical (unpaired) electrons. The number of carbonyl (C=O) groups is 2. The molecule has 4 nitrogen and oxygen atoms in total. The van der Waals surface area contributed by atoms with Crippen LogP contribution in [0.4, 0.5) is 0 Å². The molecule has 1 saturated carbocycles. The Balaban J connectivity index is 2.07. The minimum atomic E-state index is -0.743. The van der Waals surface area contributed by atoms with Gasteiger partial charge in [-0.15, -0.1) is 0 Å². The van der Waals surface area contributed by atoms with Gasteiger partial charge >= 0.3 is 0 Å². The van der Waals surface area contributed by atoms with Crippen LogP contribution in [0.25, 0.3) is 0 Å². The highest BCUT2D eigenvalue weighted by Crippen LogP contribution is 2.40. The van der Waals surface area contributed by atoms with Crippen LogP contribution >= 0.6 is 0 Å². The summed E-state index contributed by atoms with van der Waals surface area (Å²) >= 11 is 0. The van der Waals surface area contributed by atoms with E-state index in [1.807, 2.05) is 4.90 Å². The Morgan fingerprint density at radius 1 is 1.41 bits per heavy atom. The number of rotatable bonds is 3. The van der Waals surface area contributed by atoms with Crippen LogP contribution in [0.1, 0.15) is 46.5 Å². The number of amides is 2. The lowest BCUT2D eigenvalue weighted by Crippen LogP contribution is -2.53. The molecule has 17 heavy (non-hydrogen) atoms. The van der Waals surface area contributed by atoms with Gasteiger partial charge in [0, 0.05) is 19.0 Å². The molecule has 1 aliphatic heterocycles. The van der Waals surface area contributed by atoms with Crippen molar-refractivity contribution in [1.82, 2.24) is 10.2 Å². The summed E-state index contributed by atoms with van der Waals surface area (Å²) in [4.78, 5) is 25.8. The van der Waals surface area contributed by atoms with Gasteiger partial charge in [0.25, 0.3) is 0 Å². The first-order valence-electron chi connectivity index (χ1n) is 6.58. The summed E-state index contributed by atoms with van der Waals surface area (Å²) in [5, 5.41) is 2.80. The summed E-state index contributed by atoms with van der Waals surface area (Å²) in [7, 11) is 0. The monoisotopic (exact) mass is 238 g/mol. The normalized spacial score (nSPS) is 32.1. The molecule has 0 aromatic heterocycles. The van der Waals surface area contributed by atoms with Crippen molar-refractivity contribution in [3.8, 4) is 0 Å². The third kappa shape index (κ3) is 2.45. The number of nitrogens with zero attached hydrogens (tertiary/aromatic N) is 1. The van der Waals surface area contributed by atoms with Gasteiger partial charge in [-0.2, -0.15) is 0 Å². The van der Waals surface area contributed by atoms with E-state index in [0.29, 0.717) is 24.9 Å². The van der Waals surface area contributed by atoms with E-state index >= 15 is 0 Å². The standard InChI is InChI=1S/C13H22N2O2/c1-4-5-9-8-10(9)15-7-6-11(16)14-13(2,3)12(15)17/h9-10H,4-8H2,1-3H3,(H,14,16). The quantitative estimate of drug-likeness (QED) is 0.805. The zero-order chi connectivity index (χ0) is 12.6. The van der Waals surface area contributed by atoms with Gasteiger partial charge in [0.1, 0.15) is 5.54 Å². The van der Waals surface area contributed by atoms with E-state index in [0.717, 1.165) is 6.42 Å². The van der Waals surface area contributed by atoms with Crippen LogP contribution in [-0.4, -0.2) is 34.8 Å². The molecule has 1 heterocycles. The fourth-order valence-electron chi connectivity index (χ4n) is 2.76. The molecular weight excluding hydrogens is 216 g/mol. The molecule has 0 bridgehead atoms. The van der Waals surface area contributed by atoms with E-state index in [2.05, 4.69) is 12.2 Å². The fraction of sp³-hybridized carbons (Fsp3) is 0.846. The fourth-order valence-corrected chi connectivity index (χ4v) is 2.76. The van der Waals surface area contributed by atoms with Gasteiger partial charge in [-0.3, -0.25) is 9.59 Å². The Kier molecular flexibility index (Phi) is 3.15. The summed E-state index contributed by atoms with van der Waals surface area (Å²) in [6.07, 6.45) is 3.91. The number of hydrogen-bond acceptors (Lipinski definition) is 2. The van der Waals surface area contributed by atoms with Crippen molar-refractivity contribution >= 4 is 11.8 Å². The van der Waals surface area contributed by atoms with Gasteiger partial charge in [-0.25, -0.2) is 0 Å². The molecule has 1 saturated heterocycles. The molecule has 2 rings (SSSR count). The van der Waals surface area contributed by atoms with Gasteiger partial charge in [0.05, 0.1) is 0 Å². The van der Waals surface area contributed by atoms with Crippen LogP contribution in [0.15, 0.2) is 0 Å². The number of nitrogens with one attached hydrogen (secondary N) is 1. The van der Waals surface area contributed by atoms with E-state index in [1.54, 1.807) is 13.8 Å². The molecule has 1 aliphatic carbocycles. The summed E-state index contributed by atoms with van der Waals surface area (Å²) in [5.41, 5.74) is -0.743. The average Bonchev–Trinajstić information content (AvgIpc) is 2.97. The molecule has 0 aromatic carbocycles. The predicted octanol–water partition coefficient (Wildman–Crippen LogP) is 1.30. The smallest absolute Gasteiger partial charge is 0.248 e. The topological polar surface area (TPSA) is 49.4 Å². The van der Waals surface area contributed by atoms with Crippen LogP contribution in [0.2, 0.25) is 0 Å². The highest BCUT2D eigenvalue weighted by atomic mass is 16.2. The van der Waals surface area contributed by atoms with Crippen LogP contribution in [-0.2, 0) is 9.59 Å². The van der Waals surface area contributed by atoms with Gasteiger partial charge in [-0.05, 0) is 32.6 Å². The van der Waals surface area contributed by atoms with Gasteiger partial charge in [-0.1, -0.05) is 13.3 Å². The Bertz CT molecular complexity index is 338. The van der Waals surface area contributed by atoms with Crippen molar-refractivity contribution in [3.63, 3.8) is 0 Å². The summed E-state index contributed by atoms with van der Waals surface area (Å²) in [6, 6.07) is 0.384. The maximum Gasteiger partial charge on any atom is 0.248 e. The average molecular weight is 238 g/mol. The Hall–Kier alpha value is -1.06. The first-order valence-corrected chi connectivity index (χ1v) is 6.58. The highest BCUT2D eigenvalue weighted by molar-refractivity contribution is 5.93. The zero-order valence-electron chi connectivity index (χ0n) is 11.0. The molecular formula is C13H22N2O2. The van der Waals surface area contributed by atoms with Crippen molar-refractivity contribution in [2.75, 3.05) is 6.54 Å². The summed E-state index contributed by atoms with van der Waals surface area (Å²) in [6.45, 7) is 6.35. The molecule has 2 unspecified atom stereocenters. The molecule has 2 aliphatic rings. The molecule has 96 valence electrons. The van der Waals surface area contributed by atoms with E-state index in [4.69, 9.17) is 0 Å². The van der Waals surface area contributed by atoms with E-state index in [9.17, 15) is 9.59 Å². The zero-order valence-corrected chi connectivity index (χ0v) is 11.0. The highest BCUT2D eigenvalue weighted by Gasteiger charge is 2.47. The lowest BCUT2D eigenvalue weighted by atomic mass is 10.0. The second-order valence-electron chi connectivity index (χ2n) is 5.77. The van der Waals surface area contributed by atoms with E-state index in [1.165, 1.54) is 12.8 Å². The predicted molar refractivity (Wildman–Crippen MR) is 65.4 cm³/mol.